The number of allylic oxidation sites excluding steroid dienone is 2. The summed E-state index contributed by atoms with van der Waals surface area (Å²) in [5.74, 6) is 0.986. The molecule has 1 atom stereocenters. The molecule has 3 N–H and O–H groups in total. The lowest BCUT2D eigenvalue weighted by molar-refractivity contribution is 0.238. The van der Waals surface area contributed by atoms with Crippen LogP contribution in [0.3, 0.4) is 0 Å². The predicted octanol–water partition coefficient (Wildman–Crippen LogP) is 2.25. The highest BCUT2D eigenvalue weighted by Gasteiger charge is 2.25. The summed E-state index contributed by atoms with van der Waals surface area (Å²) in [6.07, 6.45) is 4.95. The number of pyridine rings is 1. The minimum absolute atomic E-state index is 0.168. The Balaban J connectivity index is 1.84. The number of rotatable bonds is 5. The molecule has 3 heterocycles. The zero-order valence-electron chi connectivity index (χ0n) is 16.1. The van der Waals surface area contributed by atoms with Crippen LogP contribution in [0, 0.1) is 11.7 Å². The van der Waals surface area contributed by atoms with Crippen LogP contribution in [0.25, 0.3) is 16.5 Å². The number of aliphatic hydroxyl groups excluding tert-OH is 1. The van der Waals surface area contributed by atoms with Crippen molar-refractivity contribution in [2.45, 2.75) is 6.42 Å². The van der Waals surface area contributed by atoms with Gasteiger partial charge < -0.3 is 25.4 Å². The maximum atomic E-state index is 14.4. The van der Waals surface area contributed by atoms with Crippen LogP contribution in [0.4, 0.5) is 10.1 Å². The molecule has 4 rings (SSSR count). The van der Waals surface area contributed by atoms with Gasteiger partial charge in [0.05, 0.1) is 24.1 Å². The highest BCUT2D eigenvalue weighted by atomic mass is 19.1. The van der Waals surface area contributed by atoms with Crippen molar-refractivity contribution in [1.29, 1.82) is 0 Å². The van der Waals surface area contributed by atoms with E-state index in [1.54, 1.807) is 6.07 Å². The fraction of sp³-hybridized carbons (Fsp3) is 0.381. The summed E-state index contributed by atoms with van der Waals surface area (Å²) in [5.41, 5.74) is 3.55. The summed E-state index contributed by atoms with van der Waals surface area (Å²) < 4.78 is 19.6. The van der Waals surface area contributed by atoms with Gasteiger partial charge >= 0.3 is 0 Å². The quantitative estimate of drug-likeness (QED) is 0.735. The van der Waals surface area contributed by atoms with Crippen molar-refractivity contribution in [1.82, 2.24) is 15.6 Å². The Morgan fingerprint density at radius 2 is 2.21 bits per heavy atom. The largest absolute Gasteiger partial charge is 0.494 e. The lowest BCUT2D eigenvalue weighted by Gasteiger charge is -2.23. The van der Waals surface area contributed by atoms with E-state index >= 15 is 0 Å². The van der Waals surface area contributed by atoms with Gasteiger partial charge in [0.25, 0.3) is 0 Å². The monoisotopic (exact) mass is 384 g/mol. The van der Waals surface area contributed by atoms with Crippen LogP contribution in [0.2, 0.25) is 0 Å². The molecule has 0 bridgehead atoms. The molecule has 6 nitrogen and oxygen atoms in total. The van der Waals surface area contributed by atoms with Crippen molar-refractivity contribution in [3.8, 4) is 5.75 Å². The van der Waals surface area contributed by atoms with E-state index in [2.05, 4.69) is 15.5 Å². The summed E-state index contributed by atoms with van der Waals surface area (Å²) in [6, 6.07) is 5.18. The summed E-state index contributed by atoms with van der Waals surface area (Å²) in [7, 11) is 3.33. The molecule has 1 saturated heterocycles. The minimum atomic E-state index is -0.399. The predicted molar refractivity (Wildman–Crippen MR) is 109 cm³/mol. The molecule has 2 aliphatic heterocycles. The number of dihydropyridines is 1. The Bertz CT molecular complexity index is 957. The van der Waals surface area contributed by atoms with Gasteiger partial charge in [0.15, 0.2) is 11.6 Å². The molecule has 0 spiro atoms. The lowest BCUT2D eigenvalue weighted by Crippen LogP contribution is -2.27. The summed E-state index contributed by atoms with van der Waals surface area (Å²) >= 11 is 0. The Hall–Kier alpha value is -2.80. The molecule has 2 aliphatic rings. The van der Waals surface area contributed by atoms with Gasteiger partial charge in [-0.1, -0.05) is 6.08 Å². The number of hydrogen-bond acceptors (Lipinski definition) is 6. The second-order valence-electron chi connectivity index (χ2n) is 7.19. The lowest BCUT2D eigenvalue weighted by atomic mass is 10.0. The van der Waals surface area contributed by atoms with Gasteiger partial charge in [-0.25, -0.2) is 9.37 Å². The third-order valence-corrected chi connectivity index (χ3v) is 5.46. The van der Waals surface area contributed by atoms with Gasteiger partial charge in [-0.2, -0.15) is 0 Å². The Morgan fingerprint density at radius 3 is 2.86 bits per heavy atom. The van der Waals surface area contributed by atoms with Crippen LogP contribution in [0.1, 0.15) is 12.1 Å². The van der Waals surface area contributed by atoms with E-state index in [9.17, 15) is 9.50 Å². The normalized spacial score (nSPS) is 19.3. The van der Waals surface area contributed by atoms with Gasteiger partial charge in [0.2, 0.25) is 0 Å². The molecule has 0 aliphatic carbocycles. The van der Waals surface area contributed by atoms with Crippen molar-refractivity contribution in [3.05, 3.63) is 47.7 Å². The van der Waals surface area contributed by atoms with E-state index in [4.69, 9.17) is 9.72 Å². The smallest absolute Gasteiger partial charge is 0.165 e. The summed E-state index contributed by atoms with van der Waals surface area (Å²) in [4.78, 5) is 7.00. The number of anilines is 1. The third kappa shape index (κ3) is 3.38. The zero-order valence-corrected chi connectivity index (χ0v) is 16.1. The van der Waals surface area contributed by atoms with E-state index < -0.39 is 5.82 Å². The second kappa shape index (κ2) is 7.67. The highest BCUT2D eigenvalue weighted by Crippen LogP contribution is 2.35. The number of hydrogen-bond donors (Lipinski definition) is 3. The first kappa shape index (κ1) is 18.6. The van der Waals surface area contributed by atoms with E-state index in [1.807, 2.05) is 25.3 Å². The average Bonchev–Trinajstić information content (AvgIpc) is 3.22. The molecule has 7 heteroatoms. The van der Waals surface area contributed by atoms with Crippen LogP contribution in [-0.4, -0.2) is 50.5 Å². The fourth-order valence-electron chi connectivity index (χ4n) is 3.83. The molecule has 0 radical (unpaired) electrons. The average molecular weight is 384 g/mol. The van der Waals surface area contributed by atoms with E-state index in [-0.39, 0.29) is 18.3 Å². The van der Waals surface area contributed by atoms with Gasteiger partial charge in [-0.05, 0) is 30.2 Å². The zero-order chi connectivity index (χ0) is 19.7. The Labute approximate surface area is 163 Å². The van der Waals surface area contributed by atoms with Crippen molar-refractivity contribution in [2.24, 2.45) is 5.92 Å². The van der Waals surface area contributed by atoms with Gasteiger partial charge in [0.1, 0.15) is 0 Å². The van der Waals surface area contributed by atoms with E-state index in [0.29, 0.717) is 12.1 Å². The number of methoxy groups -OCH3 is 1. The fourth-order valence-corrected chi connectivity index (χ4v) is 3.83. The highest BCUT2D eigenvalue weighted by molar-refractivity contribution is 5.95. The Kier molecular flexibility index (Phi) is 5.09. The molecule has 28 heavy (non-hydrogen) atoms. The van der Waals surface area contributed by atoms with Gasteiger partial charge in [0, 0.05) is 56.3 Å². The summed E-state index contributed by atoms with van der Waals surface area (Å²) in [5, 5.41) is 16.7. The maximum absolute atomic E-state index is 14.4. The number of aromatic nitrogens is 1. The first-order valence-electron chi connectivity index (χ1n) is 9.50. The van der Waals surface area contributed by atoms with Gasteiger partial charge in [-0.15, -0.1) is 0 Å². The third-order valence-electron chi connectivity index (χ3n) is 5.46. The molecule has 1 unspecified atom stereocenters. The molecule has 148 valence electrons. The van der Waals surface area contributed by atoms with Crippen LogP contribution in [-0.2, 0) is 0 Å². The van der Waals surface area contributed by atoms with Crippen LogP contribution < -0.4 is 20.3 Å². The summed E-state index contributed by atoms with van der Waals surface area (Å²) in [6.45, 7) is 2.41. The van der Waals surface area contributed by atoms with Crippen molar-refractivity contribution >= 4 is 22.2 Å². The molecule has 1 fully saturated rings. The first-order valence-corrected chi connectivity index (χ1v) is 9.50. The minimum Gasteiger partial charge on any atom is -0.494 e. The molecular formula is C21H25FN4O2. The molecule has 0 amide bonds. The van der Waals surface area contributed by atoms with Crippen molar-refractivity contribution in [3.63, 3.8) is 0 Å². The van der Waals surface area contributed by atoms with Crippen molar-refractivity contribution in [2.75, 3.05) is 45.3 Å². The van der Waals surface area contributed by atoms with Gasteiger partial charge in [-0.3, -0.25) is 0 Å². The maximum Gasteiger partial charge on any atom is 0.165 e. The number of fused-ring (bicyclic) bond motifs is 1. The molecule has 2 aromatic rings. The number of halogens is 1. The SMILES string of the molecule is CNC1=CC=C(c2cc(N3CCC(CO)C3)c3cc(F)c(OC)cc3n2)CN1. The molecule has 0 saturated carbocycles. The van der Waals surface area contributed by atoms with Crippen molar-refractivity contribution < 1.29 is 14.2 Å². The number of aliphatic hydroxyl groups is 1. The number of nitrogens with zero attached hydrogens (tertiary/aromatic N) is 2. The number of benzene rings is 1. The standard InChI is InChI=1S/C21H25FN4O2/c1-23-21-4-3-14(10-24-21)17-8-19(26-6-5-13(11-26)12-27)15-7-16(22)20(28-2)9-18(15)25-17/h3-4,7-9,13,23-24,27H,5-6,10-12H2,1-2H3. The molecule has 1 aromatic heterocycles. The topological polar surface area (TPSA) is 69.7 Å². The van der Waals surface area contributed by atoms with Crippen LogP contribution in [0.5, 0.6) is 5.75 Å². The van der Waals surface area contributed by atoms with Crippen LogP contribution >= 0.6 is 0 Å². The molecular weight excluding hydrogens is 359 g/mol. The van der Waals surface area contributed by atoms with Crippen LogP contribution in [0.15, 0.2) is 36.2 Å². The first-order chi connectivity index (χ1) is 13.6. The number of nitrogens with one attached hydrogen (secondary N) is 2. The molecule has 1 aromatic carbocycles. The second-order valence-corrected chi connectivity index (χ2v) is 7.19. The Morgan fingerprint density at radius 1 is 1.36 bits per heavy atom. The number of ether oxygens (including phenoxy) is 1. The van der Waals surface area contributed by atoms with E-state index in [1.165, 1.54) is 13.2 Å². The van der Waals surface area contributed by atoms with E-state index in [0.717, 1.165) is 47.7 Å².